The minimum atomic E-state index is 0.645. The number of ether oxygens (including phenoxy) is 1. The number of nitrogens with zero attached hydrogens (tertiary/aromatic N) is 1. The van der Waals surface area contributed by atoms with E-state index in [1.54, 1.807) is 0 Å². The zero-order chi connectivity index (χ0) is 13.5. The maximum atomic E-state index is 6.19. The Bertz CT molecular complexity index is 392. The van der Waals surface area contributed by atoms with Gasteiger partial charge in [0, 0.05) is 6.54 Å². The molecule has 3 nitrogen and oxygen atoms in total. The quantitative estimate of drug-likeness (QED) is 0.782. The SMILES string of the molecule is NCCc1ccc(OCCCN2CCCC2)c(Cl)c1. The number of halogens is 1. The van der Waals surface area contributed by atoms with Crippen LogP contribution < -0.4 is 10.5 Å². The lowest BCUT2D eigenvalue weighted by Crippen LogP contribution is -2.21. The standard InChI is InChI=1S/C15H23ClN2O/c16-14-12-13(6-7-17)4-5-15(14)19-11-3-10-18-8-1-2-9-18/h4-5,12H,1-3,6-11,17H2. The Kier molecular flexibility index (Phi) is 5.95. The van der Waals surface area contributed by atoms with Gasteiger partial charge in [0.05, 0.1) is 11.6 Å². The van der Waals surface area contributed by atoms with Crippen molar-refractivity contribution in [3.8, 4) is 5.75 Å². The molecule has 106 valence electrons. The van der Waals surface area contributed by atoms with Crippen molar-refractivity contribution in [2.45, 2.75) is 25.7 Å². The van der Waals surface area contributed by atoms with E-state index in [1.165, 1.54) is 25.9 Å². The van der Waals surface area contributed by atoms with Crippen LogP contribution in [0.2, 0.25) is 5.02 Å². The first-order chi connectivity index (χ1) is 9.29. The molecule has 1 aromatic carbocycles. The van der Waals surface area contributed by atoms with Gasteiger partial charge >= 0.3 is 0 Å². The van der Waals surface area contributed by atoms with Crippen LogP contribution in [0, 0.1) is 0 Å². The van der Waals surface area contributed by atoms with Crippen molar-refractivity contribution in [3.63, 3.8) is 0 Å². The molecule has 0 bridgehead atoms. The molecule has 1 aromatic rings. The van der Waals surface area contributed by atoms with Crippen LogP contribution in [0.3, 0.4) is 0 Å². The zero-order valence-corrected chi connectivity index (χ0v) is 12.2. The molecule has 1 heterocycles. The van der Waals surface area contributed by atoms with Gasteiger partial charge < -0.3 is 15.4 Å². The fraction of sp³-hybridized carbons (Fsp3) is 0.600. The number of likely N-dealkylation sites (tertiary alicyclic amines) is 1. The highest BCUT2D eigenvalue weighted by Gasteiger charge is 2.10. The maximum absolute atomic E-state index is 6.19. The van der Waals surface area contributed by atoms with Gasteiger partial charge in [0.15, 0.2) is 0 Å². The van der Waals surface area contributed by atoms with Crippen LogP contribution in [0.4, 0.5) is 0 Å². The van der Waals surface area contributed by atoms with Gasteiger partial charge in [0.1, 0.15) is 5.75 Å². The Morgan fingerprint density at radius 1 is 1.26 bits per heavy atom. The lowest BCUT2D eigenvalue weighted by molar-refractivity contribution is 0.263. The molecule has 0 spiro atoms. The predicted octanol–water partition coefficient (Wildman–Crippen LogP) is 2.71. The van der Waals surface area contributed by atoms with Crippen molar-refractivity contribution < 1.29 is 4.74 Å². The normalized spacial score (nSPS) is 15.9. The summed E-state index contributed by atoms with van der Waals surface area (Å²) < 4.78 is 5.74. The molecule has 4 heteroatoms. The second-order valence-corrected chi connectivity index (χ2v) is 5.46. The van der Waals surface area contributed by atoms with E-state index in [0.717, 1.165) is 37.3 Å². The molecule has 1 aliphatic heterocycles. The van der Waals surface area contributed by atoms with Crippen LogP contribution in [0.1, 0.15) is 24.8 Å². The molecule has 19 heavy (non-hydrogen) atoms. The third-order valence-corrected chi connectivity index (χ3v) is 3.80. The van der Waals surface area contributed by atoms with Gasteiger partial charge in [0.25, 0.3) is 0 Å². The largest absolute Gasteiger partial charge is 0.492 e. The van der Waals surface area contributed by atoms with Crippen LogP contribution >= 0.6 is 11.6 Å². The molecule has 1 aliphatic rings. The number of hydrogen-bond donors (Lipinski definition) is 1. The second-order valence-electron chi connectivity index (χ2n) is 5.05. The summed E-state index contributed by atoms with van der Waals surface area (Å²) in [5.41, 5.74) is 6.69. The molecule has 1 fully saturated rings. The molecule has 0 atom stereocenters. The minimum absolute atomic E-state index is 0.645. The van der Waals surface area contributed by atoms with E-state index in [0.29, 0.717) is 11.6 Å². The van der Waals surface area contributed by atoms with E-state index >= 15 is 0 Å². The average Bonchev–Trinajstić information content (AvgIpc) is 2.90. The highest BCUT2D eigenvalue weighted by Crippen LogP contribution is 2.25. The van der Waals surface area contributed by atoms with Crippen LogP contribution in [-0.2, 0) is 6.42 Å². The highest BCUT2D eigenvalue weighted by molar-refractivity contribution is 6.32. The summed E-state index contributed by atoms with van der Waals surface area (Å²) in [6.45, 7) is 4.99. The van der Waals surface area contributed by atoms with Crippen molar-refractivity contribution in [2.24, 2.45) is 5.73 Å². The summed E-state index contributed by atoms with van der Waals surface area (Å²) in [6, 6.07) is 5.93. The Labute approximate surface area is 120 Å². The second kappa shape index (κ2) is 7.73. The fourth-order valence-electron chi connectivity index (χ4n) is 2.46. The van der Waals surface area contributed by atoms with Gasteiger partial charge in [0.2, 0.25) is 0 Å². The third kappa shape index (κ3) is 4.68. The van der Waals surface area contributed by atoms with Crippen LogP contribution in [-0.4, -0.2) is 37.7 Å². The number of benzene rings is 1. The molecular weight excluding hydrogens is 260 g/mol. The molecule has 1 saturated heterocycles. The van der Waals surface area contributed by atoms with Gasteiger partial charge in [-0.2, -0.15) is 0 Å². The van der Waals surface area contributed by atoms with Gasteiger partial charge in [-0.15, -0.1) is 0 Å². The van der Waals surface area contributed by atoms with Gasteiger partial charge in [-0.1, -0.05) is 17.7 Å². The van der Waals surface area contributed by atoms with Crippen molar-refractivity contribution in [1.82, 2.24) is 4.90 Å². The highest BCUT2D eigenvalue weighted by atomic mass is 35.5. The maximum Gasteiger partial charge on any atom is 0.137 e. The molecule has 0 amide bonds. The third-order valence-electron chi connectivity index (χ3n) is 3.50. The van der Waals surface area contributed by atoms with Gasteiger partial charge in [-0.3, -0.25) is 0 Å². The first kappa shape index (κ1) is 14.6. The van der Waals surface area contributed by atoms with Gasteiger partial charge in [-0.25, -0.2) is 0 Å². The lowest BCUT2D eigenvalue weighted by atomic mass is 10.1. The van der Waals surface area contributed by atoms with E-state index in [-0.39, 0.29) is 0 Å². The smallest absolute Gasteiger partial charge is 0.137 e. The van der Waals surface area contributed by atoms with Crippen LogP contribution in [0.15, 0.2) is 18.2 Å². The molecule has 0 unspecified atom stereocenters. The first-order valence-corrected chi connectivity index (χ1v) is 7.51. The van der Waals surface area contributed by atoms with E-state index in [2.05, 4.69) is 4.90 Å². The first-order valence-electron chi connectivity index (χ1n) is 7.13. The molecule has 2 rings (SSSR count). The number of nitrogens with two attached hydrogens (primary N) is 1. The average molecular weight is 283 g/mol. The summed E-state index contributed by atoms with van der Waals surface area (Å²) in [6.07, 6.45) is 4.60. The summed E-state index contributed by atoms with van der Waals surface area (Å²) in [5, 5.41) is 0.687. The molecular formula is C15H23ClN2O. The lowest BCUT2D eigenvalue weighted by Gasteiger charge is -2.15. The summed E-state index contributed by atoms with van der Waals surface area (Å²) >= 11 is 6.19. The topological polar surface area (TPSA) is 38.5 Å². The molecule has 0 saturated carbocycles. The van der Waals surface area contributed by atoms with Crippen molar-refractivity contribution in [3.05, 3.63) is 28.8 Å². The van der Waals surface area contributed by atoms with E-state index in [1.807, 2.05) is 18.2 Å². The van der Waals surface area contributed by atoms with E-state index < -0.39 is 0 Å². The van der Waals surface area contributed by atoms with Crippen molar-refractivity contribution in [1.29, 1.82) is 0 Å². The molecule has 0 radical (unpaired) electrons. The Balaban J connectivity index is 1.72. The Morgan fingerprint density at radius 2 is 2.05 bits per heavy atom. The Hall–Kier alpha value is -0.770. The number of hydrogen-bond acceptors (Lipinski definition) is 3. The number of rotatable bonds is 7. The predicted molar refractivity (Wildman–Crippen MR) is 80.0 cm³/mol. The fourth-order valence-corrected chi connectivity index (χ4v) is 2.72. The minimum Gasteiger partial charge on any atom is -0.492 e. The molecule has 0 aromatic heterocycles. The summed E-state index contributed by atoms with van der Waals surface area (Å²) in [7, 11) is 0. The van der Waals surface area contributed by atoms with Crippen molar-refractivity contribution in [2.75, 3.05) is 32.8 Å². The van der Waals surface area contributed by atoms with Crippen molar-refractivity contribution >= 4 is 11.6 Å². The zero-order valence-electron chi connectivity index (χ0n) is 11.4. The summed E-state index contributed by atoms with van der Waals surface area (Å²) in [5.74, 6) is 0.781. The summed E-state index contributed by atoms with van der Waals surface area (Å²) in [4.78, 5) is 2.50. The van der Waals surface area contributed by atoms with E-state index in [4.69, 9.17) is 22.1 Å². The van der Waals surface area contributed by atoms with E-state index in [9.17, 15) is 0 Å². The van der Waals surface area contributed by atoms with Crippen LogP contribution in [0.5, 0.6) is 5.75 Å². The van der Waals surface area contributed by atoms with Crippen LogP contribution in [0.25, 0.3) is 0 Å². The molecule has 2 N–H and O–H groups in total. The Morgan fingerprint density at radius 3 is 2.74 bits per heavy atom. The molecule has 0 aliphatic carbocycles. The van der Waals surface area contributed by atoms with Gasteiger partial charge in [-0.05, 0) is 63.0 Å². The monoisotopic (exact) mass is 282 g/mol.